The zero-order chi connectivity index (χ0) is 17.1. The molecular formula is C17H14BrFN2O2S. The summed E-state index contributed by atoms with van der Waals surface area (Å²) in [5.74, 6) is 0.503. The van der Waals surface area contributed by atoms with Gasteiger partial charge in [0.25, 0.3) is 0 Å². The predicted octanol–water partition coefficient (Wildman–Crippen LogP) is 3.88. The number of hydrogen-bond acceptors (Lipinski definition) is 3. The highest BCUT2D eigenvalue weighted by Crippen LogP contribution is 2.38. The van der Waals surface area contributed by atoms with Crippen LogP contribution in [0.2, 0.25) is 0 Å². The maximum absolute atomic E-state index is 13.8. The lowest BCUT2D eigenvalue weighted by molar-refractivity contribution is 0.589. The molecule has 1 aliphatic heterocycles. The third-order valence-electron chi connectivity index (χ3n) is 4.44. The van der Waals surface area contributed by atoms with Gasteiger partial charge in [0.15, 0.2) is 9.84 Å². The zero-order valence-electron chi connectivity index (χ0n) is 12.8. The van der Waals surface area contributed by atoms with Crippen LogP contribution in [-0.2, 0) is 16.3 Å². The molecule has 2 aromatic carbocycles. The zero-order valence-corrected chi connectivity index (χ0v) is 15.2. The van der Waals surface area contributed by atoms with Crippen molar-refractivity contribution in [2.45, 2.75) is 23.8 Å². The molecule has 0 radical (unpaired) electrons. The first-order valence-electron chi connectivity index (χ1n) is 7.51. The van der Waals surface area contributed by atoms with Gasteiger partial charge < -0.3 is 4.57 Å². The highest BCUT2D eigenvalue weighted by molar-refractivity contribution is 9.10. The minimum Gasteiger partial charge on any atom is -0.320 e. The molecule has 1 aliphatic rings. The summed E-state index contributed by atoms with van der Waals surface area (Å²) in [6.07, 6.45) is 2.73. The highest BCUT2D eigenvalue weighted by Gasteiger charge is 2.30. The van der Waals surface area contributed by atoms with E-state index in [-0.39, 0.29) is 11.9 Å². The average Bonchev–Trinajstić information content (AvgIpc) is 3.07. The number of nitrogens with zero attached hydrogens (tertiary/aromatic N) is 2. The van der Waals surface area contributed by atoms with Crippen LogP contribution in [0.3, 0.4) is 0 Å². The lowest BCUT2D eigenvalue weighted by Gasteiger charge is -2.18. The van der Waals surface area contributed by atoms with Gasteiger partial charge in [0.2, 0.25) is 0 Å². The number of benzene rings is 2. The molecule has 0 fully saturated rings. The van der Waals surface area contributed by atoms with E-state index in [0.29, 0.717) is 14.9 Å². The minimum absolute atomic E-state index is 0.117. The molecule has 7 heteroatoms. The van der Waals surface area contributed by atoms with E-state index in [9.17, 15) is 12.8 Å². The Morgan fingerprint density at radius 3 is 2.79 bits per heavy atom. The van der Waals surface area contributed by atoms with Gasteiger partial charge in [0.1, 0.15) is 11.6 Å². The van der Waals surface area contributed by atoms with Gasteiger partial charge >= 0.3 is 0 Å². The summed E-state index contributed by atoms with van der Waals surface area (Å²) < 4.78 is 40.5. The van der Waals surface area contributed by atoms with Crippen molar-refractivity contribution in [3.8, 4) is 0 Å². The maximum atomic E-state index is 13.8. The van der Waals surface area contributed by atoms with Crippen molar-refractivity contribution in [1.82, 2.24) is 9.55 Å². The van der Waals surface area contributed by atoms with Crippen LogP contribution >= 0.6 is 15.9 Å². The molecule has 3 aromatic rings. The largest absolute Gasteiger partial charge is 0.320 e. The van der Waals surface area contributed by atoms with Crippen molar-refractivity contribution in [2.24, 2.45) is 0 Å². The summed E-state index contributed by atoms with van der Waals surface area (Å²) in [7, 11) is -3.33. The molecular weight excluding hydrogens is 395 g/mol. The van der Waals surface area contributed by atoms with Gasteiger partial charge in [-0.05, 0) is 40.0 Å². The van der Waals surface area contributed by atoms with Crippen LogP contribution in [0.4, 0.5) is 4.39 Å². The molecule has 1 aromatic heterocycles. The van der Waals surface area contributed by atoms with E-state index < -0.39 is 9.84 Å². The normalized spacial score (nSPS) is 17.4. The number of hydrogen-bond donors (Lipinski definition) is 0. The Balaban J connectivity index is 1.96. The van der Waals surface area contributed by atoms with Crippen molar-refractivity contribution in [3.05, 3.63) is 58.1 Å². The average molecular weight is 409 g/mol. The van der Waals surface area contributed by atoms with Gasteiger partial charge in [0.05, 0.1) is 26.4 Å². The molecule has 0 aliphatic carbocycles. The summed E-state index contributed by atoms with van der Waals surface area (Å²) >= 11 is 3.22. The van der Waals surface area contributed by atoms with Crippen LogP contribution in [0.15, 0.2) is 45.8 Å². The number of rotatable bonds is 2. The molecule has 0 bridgehead atoms. The van der Waals surface area contributed by atoms with Gasteiger partial charge in [-0.1, -0.05) is 18.2 Å². The lowest BCUT2D eigenvalue weighted by atomic mass is 10.0. The van der Waals surface area contributed by atoms with Crippen LogP contribution in [0, 0.1) is 5.82 Å². The van der Waals surface area contributed by atoms with Crippen molar-refractivity contribution in [2.75, 3.05) is 6.26 Å². The summed E-state index contributed by atoms with van der Waals surface area (Å²) in [4.78, 5) is 4.85. The summed E-state index contributed by atoms with van der Waals surface area (Å²) in [6.45, 7) is 0. The van der Waals surface area contributed by atoms with Gasteiger partial charge in [-0.3, -0.25) is 0 Å². The molecule has 2 heterocycles. The number of halogens is 2. The Kier molecular flexibility index (Phi) is 3.54. The van der Waals surface area contributed by atoms with E-state index in [2.05, 4.69) is 20.9 Å². The fourth-order valence-electron chi connectivity index (χ4n) is 3.45. The van der Waals surface area contributed by atoms with Gasteiger partial charge in [-0.2, -0.15) is 0 Å². The quantitative estimate of drug-likeness (QED) is 0.646. The van der Waals surface area contributed by atoms with Crippen LogP contribution in [0.25, 0.3) is 11.0 Å². The topological polar surface area (TPSA) is 52.0 Å². The van der Waals surface area contributed by atoms with Crippen LogP contribution < -0.4 is 0 Å². The molecule has 0 saturated carbocycles. The maximum Gasteiger partial charge on any atom is 0.175 e. The molecule has 24 heavy (non-hydrogen) atoms. The van der Waals surface area contributed by atoms with Crippen molar-refractivity contribution >= 4 is 36.8 Å². The second-order valence-electron chi connectivity index (χ2n) is 6.02. The number of sulfone groups is 1. The van der Waals surface area contributed by atoms with E-state index in [1.54, 1.807) is 18.2 Å². The van der Waals surface area contributed by atoms with Crippen molar-refractivity contribution in [3.63, 3.8) is 0 Å². The van der Waals surface area contributed by atoms with Crippen LogP contribution in [0.5, 0.6) is 0 Å². The fourth-order valence-corrected chi connectivity index (χ4v) is 4.74. The minimum atomic E-state index is -3.33. The second-order valence-corrected chi connectivity index (χ2v) is 8.86. The molecule has 124 valence electrons. The SMILES string of the molecule is CS(=O)(=O)c1ccccc1[C@H]1CCc2nc3cc(F)c(Br)cc3n21. The van der Waals surface area contributed by atoms with E-state index in [4.69, 9.17) is 0 Å². The lowest BCUT2D eigenvalue weighted by Crippen LogP contribution is -2.11. The van der Waals surface area contributed by atoms with Crippen LogP contribution in [-0.4, -0.2) is 24.2 Å². The molecule has 0 N–H and O–H groups in total. The Hall–Kier alpha value is -1.73. The first-order chi connectivity index (χ1) is 11.4. The van der Waals surface area contributed by atoms with Crippen LogP contribution in [0.1, 0.15) is 23.9 Å². The number of aryl methyl sites for hydroxylation is 1. The smallest absolute Gasteiger partial charge is 0.175 e. The highest BCUT2D eigenvalue weighted by atomic mass is 79.9. The standard InChI is InChI=1S/C17H14BrFN2O2S/c1-24(22,23)16-5-3-2-4-10(16)14-6-7-17-20-13-9-12(19)11(18)8-15(13)21(14)17/h2-5,8-9,14H,6-7H2,1H3/t14-/m1/s1. The summed E-state index contributed by atoms with van der Waals surface area (Å²) in [6, 6.07) is 10.1. The molecule has 0 saturated heterocycles. The van der Waals surface area contributed by atoms with Gasteiger partial charge in [-0.25, -0.2) is 17.8 Å². The first-order valence-corrected chi connectivity index (χ1v) is 10.2. The Morgan fingerprint density at radius 2 is 2.04 bits per heavy atom. The van der Waals surface area contributed by atoms with Gasteiger partial charge in [-0.15, -0.1) is 0 Å². The molecule has 4 nitrogen and oxygen atoms in total. The van der Waals surface area contributed by atoms with E-state index in [1.165, 1.54) is 12.3 Å². The molecule has 0 spiro atoms. The summed E-state index contributed by atoms with van der Waals surface area (Å²) in [5, 5.41) is 0. The van der Waals surface area contributed by atoms with Crippen molar-refractivity contribution < 1.29 is 12.8 Å². The third kappa shape index (κ3) is 2.38. The van der Waals surface area contributed by atoms with E-state index in [0.717, 1.165) is 29.7 Å². The molecule has 1 atom stereocenters. The van der Waals surface area contributed by atoms with E-state index in [1.807, 2.05) is 16.7 Å². The second kappa shape index (κ2) is 5.39. The third-order valence-corrected chi connectivity index (χ3v) is 6.21. The number of fused-ring (bicyclic) bond motifs is 3. The number of imidazole rings is 1. The molecule has 4 rings (SSSR count). The van der Waals surface area contributed by atoms with E-state index >= 15 is 0 Å². The molecule has 0 amide bonds. The Morgan fingerprint density at radius 1 is 1.29 bits per heavy atom. The Labute approximate surface area is 147 Å². The van der Waals surface area contributed by atoms with Crippen molar-refractivity contribution in [1.29, 1.82) is 0 Å². The predicted molar refractivity (Wildman–Crippen MR) is 93.4 cm³/mol. The van der Waals surface area contributed by atoms with Gasteiger partial charge in [0, 0.05) is 18.7 Å². The number of aromatic nitrogens is 2. The fraction of sp³-hybridized carbons (Fsp3) is 0.235. The molecule has 0 unspecified atom stereocenters. The Bertz CT molecular complexity index is 1080. The first kappa shape index (κ1) is 15.8. The summed E-state index contributed by atoms with van der Waals surface area (Å²) in [5.41, 5.74) is 2.16. The monoisotopic (exact) mass is 408 g/mol.